The van der Waals surface area contributed by atoms with Gasteiger partial charge in [-0.3, -0.25) is 9.59 Å². The van der Waals surface area contributed by atoms with Crippen molar-refractivity contribution in [3.8, 4) is 11.5 Å². The second kappa shape index (κ2) is 8.23. The van der Waals surface area contributed by atoms with Crippen molar-refractivity contribution in [1.82, 2.24) is 34.7 Å². The summed E-state index contributed by atoms with van der Waals surface area (Å²) in [5.74, 6) is -0.255. The number of carbonyl (C=O) groups excluding carboxylic acids is 2. The third kappa shape index (κ3) is 3.43. The summed E-state index contributed by atoms with van der Waals surface area (Å²) in [6.07, 6.45) is 5.97. The van der Waals surface area contributed by atoms with Crippen LogP contribution in [0.3, 0.4) is 0 Å². The van der Waals surface area contributed by atoms with Gasteiger partial charge < -0.3 is 10.6 Å². The SMILES string of the molecule is O=C(Nc1cnc(-n2nccn2)c(C(F)F)c1)c1cnn(-c2cnc3c4c(cccc24)C(=O)N3)c1C1CC1. The Morgan fingerprint density at radius 2 is 1.89 bits per heavy atom. The molecule has 1 aliphatic heterocycles. The zero-order chi connectivity index (χ0) is 26.0. The van der Waals surface area contributed by atoms with E-state index >= 15 is 0 Å². The molecule has 1 fully saturated rings. The number of rotatable bonds is 6. The maximum absolute atomic E-state index is 13.8. The van der Waals surface area contributed by atoms with Crippen molar-refractivity contribution in [3.05, 3.63) is 77.6 Å². The van der Waals surface area contributed by atoms with Gasteiger partial charge in [0.1, 0.15) is 5.82 Å². The van der Waals surface area contributed by atoms with E-state index in [1.54, 1.807) is 23.0 Å². The van der Waals surface area contributed by atoms with Crippen LogP contribution in [0.5, 0.6) is 0 Å². The van der Waals surface area contributed by atoms with Crippen LogP contribution in [-0.4, -0.2) is 46.6 Å². The number of hydrogen-bond acceptors (Lipinski definition) is 7. The third-order valence-electron chi connectivity index (χ3n) is 6.61. The molecule has 11 nitrogen and oxygen atoms in total. The van der Waals surface area contributed by atoms with E-state index in [9.17, 15) is 18.4 Å². The fourth-order valence-corrected chi connectivity index (χ4v) is 4.78. The van der Waals surface area contributed by atoms with Gasteiger partial charge in [0.05, 0.1) is 64.7 Å². The number of hydrogen-bond donors (Lipinski definition) is 2. The third-order valence-corrected chi connectivity index (χ3v) is 6.61. The number of aromatic nitrogens is 7. The predicted octanol–water partition coefficient (Wildman–Crippen LogP) is 4.03. The van der Waals surface area contributed by atoms with Gasteiger partial charge in [-0.05, 0) is 25.0 Å². The van der Waals surface area contributed by atoms with E-state index in [0.717, 1.165) is 29.1 Å². The van der Waals surface area contributed by atoms with E-state index in [0.29, 0.717) is 33.7 Å². The van der Waals surface area contributed by atoms with Crippen LogP contribution in [0.2, 0.25) is 0 Å². The molecule has 188 valence electrons. The summed E-state index contributed by atoms with van der Waals surface area (Å²) in [4.78, 5) is 35.1. The van der Waals surface area contributed by atoms with Crippen molar-refractivity contribution in [2.24, 2.45) is 0 Å². The van der Waals surface area contributed by atoms with Gasteiger partial charge in [0.15, 0.2) is 5.82 Å². The van der Waals surface area contributed by atoms with Crippen LogP contribution in [-0.2, 0) is 0 Å². The summed E-state index contributed by atoms with van der Waals surface area (Å²) in [6.45, 7) is 0. The molecule has 4 aromatic heterocycles. The summed E-state index contributed by atoms with van der Waals surface area (Å²) in [5.41, 5.74) is 1.87. The molecule has 0 bridgehead atoms. The minimum Gasteiger partial charge on any atom is -0.320 e. The number of pyridine rings is 2. The van der Waals surface area contributed by atoms with E-state index in [4.69, 9.17) is 0 Å². The first-order valence-electron chi connectivity index (χ1n) is 11.8. The largest absolute Gasteiger partial charge is 0.320 e. The van der Waals surface area contributed by atoms with Gasteiger partial charge in [-0.1, -0.05) is 12.1 Å². The minimum absolute atomic E-state index is 0.101. The summed E-state index contributed by atoms with van der Waals surface area (Å²) in [5, 5.41) is 19.1. The van der Waals surface area contributed by atoms with E-state index in [1.165, 1.54) is 24.8 Å². The van der Waals surface area contributed by atoms with Crippen LogP contribution in [0.1, 0.15) is 57.2 Å². The van der Waals surface area contributed by atoms with Gasteiger partial charge in [-0.2, -0.15) is 15.3 Å². The van der Waals surface area contributed by atoms with E-state index in [-0.39, 0.29) is 23.3 Å². The molecule has 1 aliphatic carbocycles. The number of alkyl halides is 2. The molecule has 1 aromatic carbocycles. The van der Waals surface area contributed by atoms with Crippen molar-refractivity contribution in [2.45, 2.75) is 25.2 Å². The Balaban J connectivity index is 1.27. The monoisotopic (exact) mass is 513 g/mol. The van der Waals surface area contributed by atoms with Gasteiger partial charge in [-0.15, -0.1) is 4.80 Å². The Morgan fingerprint density at radius 1 is 1.08 bits per heavy atom. The van der Waals surface area contributed by atoms with E-state index in [2.05, 4.69) is 35.9 Å². The summed E-state index contributed by atoms with van der Waals surface area (Å²) < 4.78 is 29.2. The molecule has 5 aromatic rings. The van der Waals surface area contributed by atoms with Gasteiger partial charge in [0, 0.05) is 16.7 Å². The first-order valence-corrected chi connectivity index (χ1v) is 11.8. The molecule has 1 saturated carbocycles. The maximum atomic E-state index is 13.8. The second-order valence-electron chi connectivity index (χ2n) is 9.01. The highest BCUT2D eigenvalue weighted by Crippen LogP contribution is 2.44. The maximum Gasteiger partial charge on any atom is 0.267 e. The van der Waals surface area contributed by atoms with E-state index < -0.39 is 17.9 Å². The quantitative estimate of drug-likeness (QED) is 0.350. The Hall–Kier alpha value is -5.07. The molecule has 0 radical (unpaired) electrons. The van der Waals surface area contributed by atoms with Crippen molar-refractivity contribution < 1.29 is 18.4 Å². The van der Waals surface area contributed by atoms with Crippen molar-refractivity contribution in [1.29, 1.82) is 0 Å². The zero-order valence-electron chi connectivity index (χ0n) is 19.5. The lowest BCUT2D eigenvalue weighted by molar-refractivity contribution is 0.102. The Bertz CT molecular complexity index is 1760. The highest BCUT2D eigenvalue weighted by atomic mass is 19.3. The number of nitrogens with one attached hydrogen (secondary N) is 2. The van der Waals surface area contributed by atoms with Crippen LogP contribution in [0.15, 0.2) is 55.2 Å². The smallest absolute Gasteiger partial charge is 0.267 e. The van der Waals surface area contributed by atoms with Crippen LogP contribution in [0.4, 0.5) is 20.3 Å². The highest BCUT2D eigenvalue weighted by molar-refractivity contribution is 6.24. The summed E-state index contributed by atoms with van der Waals surface area (Å²) in [7, 11) is 0. The first kappa shape index (κ1) is 22.2. The lowest BCUT2D eigenvalue weighted by atomic mass is 10.1. The van der Waals surface area contributed by atoms with Gasteiger partial charge in [-0.25, -0.2) is 23.4 Å². The number of benzene rings is 1. The lowest BCUT2D eigenvalue weighted by Crippen LogP contribution is -2.16. The minimum atomic E-state index is -2.86. The predicted molar refractivity (Wildman–Crippen MR) is 131 cm³/mol. The molecule has 5 heterocycles. The molecule has 2 N–H and O–H groups in total. The number of nitrogens with zero attached hydrogens (tertiary/aromatic N) is 7. The molecule has 0 unspecified atom stereocenters. The van der Waals surface area contributed by atoms with Crippen molar-refractivity contribution >= 4 is 34.1 Å². The number of amides is 2. The molecular weight excluding hydrogens is 496 g/mol. The van der Waals surface area contributed by atoms with Crippen LogP contribution in [0.25, 0.3) is 22.3 Å². The standard InChI is InChI=1S/C25H17F2N9O2/c26-21(27)16-8-13(9-29-23(16)36-30-6-7-31-36)33-25(38)17-10-32-35(20(17)12-4-5-12)18-11-28-22-19-14(18)2-1-3-15(19)24(37)34-22/h1-3,6-12,21H,4-5H2,(H,33,38)(H,28,34,37). The molecular formula is C25H17F2N9O2. The summed E-state index contributed by atoms with van der Waals surface area (Å²) in [6, 6.07) is 6.57. The Kier molecular flexibility index (Phi) is 4.80. The number of anilines is 2. The van der Waals surface area contributed by atoms with E-state index in [1.807, 2.05) is 6.07 Å². The average molecular weight is 513 g/mol. The Morgan fingerprint density at radius 3 is 2.66 bits per heavy atom. The molecule has 38 heavy (non-hydrogen) atoms. The molecule has 7 rings (SSSR count). The number of halogens is 2. The van der Waals surface area contributed by atoms with Crippen LogP contribution in [0, 0.1) is 0 Å². The lowest BCUT2D eigenvalue weighted by Gasteiger charge is -2.13. The molecule has 0 atom stereocenters. The molecule has 2 aliphatic rings. The van der Waals surface area contributed by atoms with Gasteiger partial charge in [0.2, 0.25) is 0 Å². The second-order valence-corrected chi connectivity index (χ2v) is 9.01. The Labute approximate surface area is 212 Å². The fraction of sp³-hybridized carbons (Fsp3) is 0.160. The highest BCUT2D eigenvalue weighted by Gasteiger charge is 2.34. The number of carbonyl (C=O) groups is 2. The van der Waals surface area contributed by atoms with Crippen LogP contribution < -0.4 is 10.6 Å². The fourth-order valence-electron chi connectivity index (χ4n) is 4.78. The zero-order valence-corrected chi connectivity index (χ0v) is 19.5. The van der Waals surface area contributed by atoms with Crippen molar-refractivity contribution in [2.75, 3.05) is 10.6 Å². The normalized spacial score (nSPS) is 14.3. The first-order chi connectivity index (χ1) is 18.5. The van der Waals surface area contributed by atoms with Crippen LogP contribution >= 0.6 is 0 Å². The topological polar surface area (TPSA) is 133 Å². The molecule has 13 heteroatoms. The average Bonchev–Trinajstić information content (AvgIpc) is 3.29. The molecule has 2 amide bonds. The summed E-state index contributed by atoms with van der Waals surface area (Å²) >= 11 is 0. The van der Waals surface area contributed by atoms with Gasteiger partial charge in [0.25, 0.3) is 18.2 Å². The molecule has 0 spiro atoms. The van der Waals surface area contributed by atoms with Gasteiger partial charge >= 0.3 is 0 Å². The van der Waals surface area contributed by atoms with Crippen molar-refractivity contribution in [3.63, 3.8) is 0 Å². The molecule has 0 saturated heterocycles.